The fraction of sp³-hybridized carbons (Fsp3) is 0.200. The standard InChI is InChI=1S/C15H17FN2O/c1-3-11-5-4-6-15(18(2)17)14(11)8-7-13-9-12(16)10-19-13/h4-10H,3,17H2,1-2H3/b8-7+. The molecule has 0 saturated heterocycles. The summed E-state index contributed by atoms with van der Waals surface area (Å²) >= 11 is 0. The lowest BCUT2D eigenvalue weighted by Gasteiger charge is -2.17. The van der Waals surface area contributed by atoms with Gasteiger partial charge in [0.2, 0.25) is 0 Å². The van der Waals surface area contributed by atoms with Crippen LogP contribution in [0.2, 0.25) is 0 Å². The van der Waals surface area contributed by atoms with E-state index in [0.29, 0.717) is 5.76 Å². The van der Waals surface area contributed by atoms with Crippen molar-refractivity contribution in [3.63, 3.8) is 0 Å². The van der Waals surface area contributed by atoms with Crippen molar-refractivity contribution in [2.75, 3.05) is 12.1 Å². The Morgan fingerprint density at radius 1 is 1.37 bits per heavy atom. The average molecular weight is 260 g/mol. The van der Waals surface area contributed by atoms with Crippen molar-refractivity contribution in [2.45, 2.75) is 13.3 Å². The largest absolute Gasteiger partial charge is 0.462 e. The number of aryl methyl sites for hydroxylation is 1. The maximum atomic E-state index is 12.9. The maximum Gasteiger partial charge on any atom is 0.161 e. The van der Waals surface area contributed by atoms with E-state index in [2.05, 4.69) is 13.0 Å². The van der Waals surface area contributed by atoms with Gasteiger partial charge in [-0.3, -0.25) is 0 Å². The molecule has 2 N–H and O–H groups in total. The van der Waals surface area contributed by atoms with Crippen LogP contribution in [0.3, 0.4) is 0 Å². The second-order valence-electron chi connectivity index (χ2n) is 4.32. The van der Waals surface area contributed by atoms with Crippen LogP contribution in [0.15, 0.2) is 34.9 Å². The van der Waals surface area contributed by atoms with E-state index in [0.717, 1.165) is 23.9 Å². The summed E-state index contributed by atoms with van der Waals surface area (Å²) in [5.74, 6) is 5.93. The molecule has 4 heteroatoms. The van der Waals surface area contributed by atoms with E-state index in [1.165, 1.54) is 11.6 Å². The van der Waals surface area contributed by atoms with Crippen molar-refractivity contribution in [2.24, 2.45) is 5.84 Å². The van der Waals surface area contributed by atoms with Crippen LogP contribution >= 0.6 is 0 Å². The summed E-state index contributed by atoms with van der Waals surface area (Å²) in [5.41, 5.74) is 3.12. The molecule has 0 aliphatic rings. The van der Waals surface area contributed by atoms with Crippen molar-refractivity contribution in [3.8, 4) is 0 Å². The predicted molar refractivity (Wildman–Crippen MR) is 76.0 cm³/mol. The lowest BCUT2D eigenvalue weighted by molar-refractivity contribution is 0.526. The molecule has 0 aliphatic heterocycles. The van der Waals surface area contributed by atoms with Crippen molar-refractivity contribution >= 4 is 17.8 Å². The van der Waals surface area contributed by atoms with E-state index >= 15 is 0 Å². The highest BCUT2D eigenvalue weighted by molar-refractivity contribution is 5.77. The van der Waals surface area contributed by atoms with Gasteiger partial charge in [-0.15, -0.1) is 0 Å². The molecule has 1 aromatic heterocycles. The first kappa shape index (κ1) is 13.4. The van der Waals surface area contributed by atoms with Gasteiger partial charge < -0.3 is 9.43 Å². The molecular weight excluding hydrogens is 243 g/mol. The van der Waals surface area contributed by atoms with E-state index in [4.69, 9.17) is 10.3 Å². The van der Waals surface area contributed by atoms with Crippen LogP contribution in [0.5, 0.6) is 0 Å². The highest BCUT2D eigenvalue weighted by Gasteiger charge is 2.07. The third-order valence-corrected chi connectivity index (χ3v) is 2.94. The summed E-state index contributed by atoms with van der Waals surface area (Å²) in [6.07, 6.45) is 5.62. The van der Waals surface area contributed by atoms with Gasteiger partial charge in [0.05, 0.1) is 5.69 Å². The number of anilines is 1. The minimum atomic E-state index is -0.375. The molecule has 1 heterocycles. The van der Waals surface area contributed by atoms with Gasteiger partial charge in [-0.1, -0.05) is 19.1 Å². The third-order valence-electron chi connectivity index (χ3n) is 2.94. The quantitative estimate of drug-likeness (QED) is 0.676. The Kier molecular flexibility index (Phi) is 4.02. The molecule has 0 atom stereocenters. The van der Waals surface area contributed by atoms with Gasteiger partial charge in [0.1, 0.15) is 12.0 Å². The van der Waals surface area contributed by atoms with Crippen LogP contribution in [-0.2, 0) is 6.42 Å². The number of hydrogen-bond acceptors (Lipinski definition) is 3. The highest BCUT2D eigenvalue weighted by Crippen LogP contribution is 2.25. The molecule has 3 nitrogen and oxygen atoms in total. The molecule has 0 unspecified atom stereocenters. The zero-order chi connectivity index (χ0) is 13.8. The maximum absolute atomic E-state index is 12.9. The van der Waals surface area contributed by atoms with E-state index < -0.39 is 0 Å². The van der Waals surface area contributed by atoms with Crippen molar-refractivity contribution in [3.05, 3.63) is 53.2 Å². The fourth-order valence-electron chi connectivity index (χ4n) is 1.99. The monoisotopic (exact) mass is 260 g/mol. The van der Waals surface area contributed by atoms with E-state index in [1.54, 1.807) is 18.1 Å². The average Bonchev–Trinajstić information content (AvgIpc) is 2.81. The normalized spacial score (nSPS) is 11.2. The number of rotatable bonds is 4. The zero-order valence-electron chi connectivity index (χ0n) is 11.1. The number of hydrogen-bond donors (Lipinski definition) is 1. The Labute approximate surface area is 112 Å². The molecule has 0 aliphatic carbocycles. The van der Waals surface area contributed by atoms with Crippen LogP contribution in [-0.4, -0.2) is 7.05 Å². The van der Waals surface area contributed by atoms with Gasteiger partial charge in [-0.05, 0) is 30.2 Å². The Morgan fingerprint density at radius 3 is 2.74 bits per heavy atom. The SMILES string of the molecule is CCc1cccc(N(C)N)c1/C=C/c1cc(F)co1. The molecule has 0 spiro atoms. The zero-order valence-corrected chi connectivity index (χ0v) is 11.1. The minimum Gasteiger partial charge on any atom is -0.462 e. The van der Waals surface area contributed by atoms with Crippen molar-refractivity contribution in [1.82, 2.24) is 0 Å². The van der Waals surface area contributed by atoms with Gasteiger partial charge in [0, 0.05) is 18.7 Å². The summed E-state index contributed by atoms with van der Waals surface area (Å²) < 4.78 is 17.9. The molecule has 100 valence electrons. The minimum absolute atomic E-state index is 0.375. The molecule has 0 bridgehead atoms. The van der Waals surface area contributed by atoms with Gasteiger partial charge in [0.25, 0.3) is 0 Å². The number of nitrogens with two attached hydrogens (primary N) is 1. The van der Waals surface area contributed by atoms with E-state index in [-0.39, 0.29) is 5.82 Å². The lowest BCUT2D eigenvalue weighted by Crippen LogP contribution is -2.26. The highest BCUT2D eigenvalue weighted by atomic mass is 19.1. The molecule has 1 aromatic carbocycles. The summed E-state index contributed by atoms with van der Waals surface area (Å²) in [4.78, 5) is 0. The van der Waals surface area contributed by atoms with Crippen molar-refractivity contribution < 1.29 is 8.81 Å². The second kappa shape index (κ2) is 5.71. The number of furan rings is 1. The summed E-state index contributed by atoms with van der Waals surface area (Å²) in [5, 5.41) is 1.57. The van der Waals surface area contributed by atoms with Gasteiger partial charge in [-0.2, -0.15) is 0 Å². The van der Waals surface area contributed by atoms with Crippen LogP contribution in [0.4, 0.5) is 10.1 Å². The first-order valence-electron chi connectivity index (χ1n) is 6.14. The molecule has 0 fully saturated rings. The predicted octanol–water partition coefficient (Wildman–Crippen LogP) is 3.46. The third kappa shape index (κ3) is 3.03. The van der Waals surface area contributed by atoms with Crippen LogP contribution in [0, 0.1) is 5.82 Å². The lowest BCUT2D eigenvalue weighted by atomic mass is 10.0. The Hall–Kier alpha value is -2.07. The van der Waals surface area contributed by atoms with Gasteiger partial charge in [-0.25, -0.2) is 10.2 Å². The van der Waals surface area contributed by atoms with Gasteiger partial charge >= 0.3 is 0 Å². The number of nitrogens with zero attached hydrogens (tertiary/aromatic N) is 1. The van der Waals surface area contributed by atoms with Crippen LogP contribution in [0.1, 0.15) is 23.8 Å². The molecule has 19 heavy (non-hydrogen) atoms. The van der Waals surface area contributed by atoms with E-state index in [9.17, 15) is 4.39 Å². The Bertz CT molecular complexity index is 588. The van der Waals surface area contributed by atoms with Crippen molar-refractivity contribution in [1.29, 1.82) is 0 Å². The van der Waals surface area contributed by atoms with Crippen LogP contribution < -0.4 is 10.9 Å². The van der Waals surface area contributed by atoms with Crippen LogP contribution in [0.25, 0.3) is 12.2 Å². The first-order valence-corrected chi connectivity index (χ1v) is 6.14. The molecule has 0 saturated carbocycles. The fourth-order valence-corrected chi connectivity index (χ4v) is 1.99. The number of hydrazine groups is 1. The summed E-state index contributed by atoms with van der Waals surface area (Å²) in [6.45, 7) is 2.08. The molecule has 0 amide bonds. The van der Waals surface area contributed by atoms with E-state index in [1.807, 2.05) is 18.2 Å². The smallest absolute Gasteiger partial charge is 0.161 e. The van der Waals surface area contributed by atoms with Gasteiger partial charge in [0.15, 0.2) is 5.82 Å². The summed E-state index contributed by atoms with van der Waals surface area (Å²) in [7, 11) is 1.79. The first-order chi connectivity index (χ1) is 9.11. The topological polar surface area (TPSA) is 42.4 Å². The number of benzene rings is 1. The Morgan fingerprint density at radius 2 is 2.16 bits per heavy atom. The molecule has 2 rings (SSSR count). The summed E-state index contributed by atoms with van der Waals surface area (Å²) in [6, 6.07) is 7.31. The molecule has 0 radical (unpaired) electrons. The molecule has 2 aromatic rings. The Balaban J connectivity index is 2.40. The number of halogens is 1. The molecular formula is C15H17FN2O. The second-order valence-corrected chi connectivity index (χ2v) is 4.32.